The first kappa shape index (κ1) is 16.1. The van der Waals surface area contributed by atoms with E-state index in [4.69, 9.17) is 0 Å². The van der Waals surface area contributed by atoms with Crippen LogP contribution < -0.4 is 5.56 Å². The van der Waals surface area contributed by atoms with E-state index in [-0.39, 0.29) is 21.9 Å². The Morgan fingerprint density at radius 2 is 1.65 bits per heavy atom. The molecule has 0 amide bonds. The van der Waals surface area contributed by atoms with Gasteiger partial charge in [-0.2, -0.15) is 0 Å². The molecule has 0 aliphatic heterocycles. The zero-order valence-electron chi connectivity index (χ0n) is 11.9. The number of aromatic hydroxyl groups is 2. The van der Waals surface area contributed by atoms with Gasteiger partial charge in [0, 0.05) is 22.6 Å². The summed E-state index contributed by atoms with van der Waals surface area (Å²) < 4.78 is 1.55. The van der Waals surface area contributed by atoms with Gasteiger partial charge in [-0.25, -0.2) is 0 Å². The highest BCUT2D eigenvalue weighted by molar-refractivity contribution is 9.12. The predicted molar refractivity (Wildman–Crippen MR) is 98.3 cm³/mol. The number of pyridine rings is 1. The van der Waals surface area contributed by atoms with Crippen LogP contribution in [0.5, 0.6) is 11.5 Å². The van der Waals surface area contributed by atoms with Gasteiger partial charge in [0.1, 0.15) is 11.5 Å². The summed E-state index contributed by atoms with van der Waals surface area (Å²) in [5.74, 6) is 0.265. The maximum Gasteiger partial charge on any atom is 0.262 e. The number of halogens is 2. The van der Waals surface area contributed by atoms with E-state index in [0.717, 1.165) is 5.56 Å². The van der Waals surface area contributed by atoms with Crippen molar-refractivity contribution < 1.29 is 10.2 Å². The number of rotatable bonds is 3. The summed E-state index contributed by atoms with van der Waals surface area (Å²) in [4.78, 5) is 12.8. The summed E-state index contributed by atoms with van der Waals surface area (Å²) in [5, 5.41) is 21.1. The minimum atomic E-state index is -0.177. The minimum Gasteiger partial charge on any atom is -0.508 e. The second-order valence-corrected chi connectivity index (χ2v) is 6.88. The highest BCUT2D eigenvalue weighted by Crippen LogP contribution is 2.32. The van der Waals surface area contributed by atoms with E-state index in [9.17, 15) is 15.0 Å². The molecular weight excluding hydrogens is 426 g/mol. The van der Waals surface area contributed by atoms with Crippen molar-refractivity contribution in [1.29, 1.82) is 0 Å². The monoisotopic (exact) mass is 437 g/mol. The molecule has 118 valence electrons. The van der Waals surface area contributed by atoms with Gasteiger partial charge in [-0.3, -0.25) is 9.36 Å². The quantitative estimate of drug-likeness (QED) is 0.601. The van der Waals surface area contributed by atoms with Crippen molar-refractivity contribution in [2.45, 2.75) is 4.83 Å². The van der Waals surface area contributed by atoms with Gasteiger partial charge in [0.05, 0.1) is 4.83 Å². The van der Waals surface area contributed by atoms with E-state index < -0.39 is 0 Å². The fourth-order valence-electron chi connectivity index (χ4n) is 2.49. The van der Waals surface area contributed by atoms with Crippen LogP contribution in [0.3, 0.4) is 0 Å². The molecule has 4 nitrogen and oxygen atoms in total. The molecule has 0 fully saturated rings. The lowest BCUT2D eigenvalue weighted by atomic mass is 10.0. The van der Waals surface area contributed by atoms with Crippen LogP contribution in [-0.2, 0) is 0 Å². The molecule has 1 atom stereocenters. The molecule has 0 saturated carbocycles. The van der Waals surface area contributed by atoms with Gasteiger partial charge >= 0.3 is 0 Å². The molecule has 1 aromatic heterocycles. The molecule has 0 aliphatic rings. The van der Waals surface area contributed by atoms with Crippen molar-refractivity contribution in [3.63, 3.8) is 0 Å². The first-order valence-corrected chi connectivity index (χ1v) is 8.92. The number of benzene rings is 2. The van der Waals surface area contributed by atoms with E-state index in [2.05, 4.69) is 31.9 Å². The van der Waals surface area contributed by atoms with E-state index in [1.165, 1.54) is 6.07 Å². The smallest absolute Gasteiger partial charge is 0.262 e. The van der Waals surface area contributed by atoms with Crippen LogP contribution in [0.2, 0.25) is 0 Å². The van der Waals surface area contributed by atoms with Crippen LogP contribution in [0.4, 0.5) is 0 Å². The number of hydrogen-bond donors (Lipinski definition) is 2. The highest BCUT2D eigenvalue weighted by Gasteiger charge is 2.16. The van der Waals surface area contributed by atoms with Crippen LogP contribution in [-0.4, -0.2) is 20.1 Å². The van der Waals surface area contributed by atoms with Crippen molar-refractivity contribution in [1.82, 2.24) is 4.57 Å². The normalized spacial score (nSPS) is 12.4. The van der Waals surface area contributed by atoms with E-state index >= 15 is 0 Å². The molecule has 1 heterocycles. The molecule has 3 aromatic rings. The summed E-state index contributed by atoms with van der Waals surface area (Å²) in [7, 11) is 0. The van der Waals surface area contributed by atoms with Gasteiger partial charge in [0.25, 0.3) is 5.56 Å². The Labute approximate surface area is 149 Å². The number of alkyl halides is 2. The molecule has 1 unspecified atom stereocenters. The molecule has 0 saturated heterocycles. The standard InChI is InChI=1S/C17H13Br2NO3/c18-8-16(19)15-9-20(10-1-3-11(21)4-2-10)17(23)13-6-5-12(22)7-14(13)15/h1-7,9,16,21-22H,8H2. The summed E-state index contributed by atoms with van der Waals surface area (Å²) in [5.41, 5.74) is 1.38. The second-order valence-electron chi connectivity index (χ2n) is 5.13. The molecule has 23 heavy (non-hydrogen) atoms. The van der Waals surface area contributed by atoms with Gasteiger partial charge < -0.3 is 10.2 Å². The van der Waals surface area contributed by atoms with Crippen molar-refractivity contribution in [2.24, 2.45) is 0 Å². The largest absolute Gasteiger partial charge is 0.508 e. The highest BCUT2D eigenvalue weighted by atomic mass is 79.9. The van der Waals surface area contributed by atoms with E-state index in [1.807, 2.05) is 0 Å². The SMILES string of the molecule is O=c1c2ccc(O)cc2c(C(Br)CBr)cn1-c1ccc(O)cc1. The third-order valence-electron chi connectivity index (χ3n) is 3.63. The molecule has 6 heteroatoms. The van der Waals surface area contributed by atoms with Gasteiger partial charge in [-0.15, -0.1) is 0 Å². The Morgan fingerprint density at radius 1 is 1.00 bits per heavy atom. The summed E-state index contributed by atoms with van der Waals surface area (Å²) in [6, 6.07) is 11.2. The summed E-state index contributed by atoms with van der Waals surface area (Å²) in [6.45, 7) is 0. The third kappa shape index (κ3) is 3.01. The third-order valence-corrected chi connectivity index (χ3v) is 5.97. The van der Waals surface area contributed by atoms with Crippen LogP contribution in [0.1, 0.15) is 10.4 Å². The van der Waals surface area contributed by atoms with Gasteiger partial charge in [-0.1, -0.05) is 31.9 Å². The Balaban J connectivity index is 2.35. The Kier molecular flexibility index (Phi) is 4.46. The van der Waals surface area contributed by atoms with Crippen molar-refractivity contribution in [3.05, 3.63) is 64.6 Å². The van der Waals surface area contributed by atoms with Crippen molar-refractivity contribution >= 4 is 42.6 Å². The number of aromatic nitrogens is 1. The van der Waals surface area contributed by atoms with Crippen LogP contribution >= 0.6 is 31.9 Å². The van der Waals surface area contributed by atoms with Crippen molar-refractivity contribution in [2.75, 3.05) is 5.33 Å². The topological polar surface area (TPSA) is 62.5 Å². The van der Waals surface area contributed by atoms with Crippen LogP contribution in [0.15, 0.2) is 53.5 Å². The van der Waals surface area contributed by atoms with Gasteiger partial charge in [-0.05, 0) is 53.4 Å². The second kappa shape index (κ2) is 6.37. The lowest BCUT2D eigenvalue weighted by molar-refractivity contribution is 0.475. The lowest BCUT2D eigenvalue weighted by Gasteiger charge is -2.15. The average Bonchev–Trinajstić information content (AvgIpc) is 2.55. The fourth-order valence-corrected chi connectivity index (χ4v) is 3.21. The number of hydrogen-bond acceptors (Lipinski definition) is 3. The molecular formula is C17H13Br2NO3. The molecule has 0 radical (unpaired) electrons. The molecule has 0 aliphatic carbocycles. The molecule has 3 rings (SSSR count). The summed E-state index contributed by atoms with van der Waals surface area (Å²) >= 11 is 7.02. The first-order valence-electron chi connectivity index (χ1n) is 6.89. The first-order chi connectivity index (χ1) is 11.0. The van der Waals surface area contributed by atoms with Crippen LogP contribution in [0.25, 0.3) is 16.5 Å². The maximum absolute atomic E-state index is 12.8. The van der Waals surface area contributed by atoms with E-state index in [1.54, 1.807) is 47.2 Å². The minimum absolute atomic E-state index is 0.0178. The zero-order chi connectivity index (χ0) is 16.6. The number of nitrogens with zero attached hydrogens (tertiary/aromatic N) is 1. The number of fused-ring (bicyclic) bond motifs is 1. The van der Waals surface area contributed by atoms with E-state index in [0.29, 0.717) is 21.8 Å². The van der Waals surface area contributed by atoms with Crippen molar-refractivity contribution in [3.8, 4) is 17.2 Å². The lowest BCUT2D eigenvalue weighted by Crippen LogP contribution is -2.19. The Bertz CT molecular complexity index is 920. The average molecular weight is 439 g/mol. The van der Waals surface area contributed by atoms with Gasteiger partial charge in [0.15, 0.2) is 0 Å². The Morgan fingerprint density at radius 3 is 2.30 bits per heavy atom. The zero-order valence-corrected chi connectivity index (χ0v) is 15.1. The molecule has 0 spiro atoms. The Hall–Kier alpha value is -1.79. The number of phenols is 2. The molecule has 2 aromatic carbocycles. The fraction of sp³-hybridized carbons (Fsp3) is 0.118. The predicted octanol–water partition coefficient (Wildman–Crippen LogP) is 4.23. The summed E-state index contributed by atoms with van der Waals surface area (Å²) in [6.07, 6.45) is 1.76. The van der Waals surface area contributed by atoms with Crippen LogP contribution in [0, 0.1) is 0 Å². The van der Waals surface area contributed by atoms with Gasteiger partial charge in [0.2, 0.25) is 0 Å². The molecule has 0 bridgehead atoms. The molecule has 2 N–H and O–H groups in total. The maximum atomic E-state index is 12.8. The number of phenolic OH excluding ortho intramolecular Hbond substituents is 2.